The maximum absolute atomic E-state index is 5.35. The quantitative estimate of drug-likeness (QED) is 0.380. The summed E-state index contributed by atoms with van der Waals surface area (Å²) in [6.07, 6.45) is 0.133. The highest BCUT2D eigenvalue weighted by molar-refractivity contribution is 6.23. The predicted molar refractivity (Wildman–Crippen MR) is 25.2 cm³/mol. The van der Waals surface area contributed by atoms with Crippen LogP contribution in [0.1, 0.15) is 0 Å². The van der Waals surface area contributed by atoms with Gasteiger partial charge >= 0.3 is 0 Å². The molecule has 1 heterocycles. The molecule has 1 aliphatic heterocycles. The maximum Gasteiger partial charge on any atom is 0.159 e. The van der Waals surface area contributed by atoms with Crippen molar-refractivity contribution in [3.63, 3.8) is 0 Å². The van der Waals surface area contributed by atoms with Gasteiger partial charge < -0.3 is 4.74 Å². The zero-order chi connectivity index (χ0) is 4.57. The molecule has 0 aromatic rings. The summed E-state index contributed by atoms with van der Waals surface area (Å²) in [5.41, 5.74) is -0.0949. The second kappa shape index (κ2) is 1.57. The molecule has 0 unspecified atom stereocenters. The summed E-state index contributed by atoms with van der Waals surface area (Å²) in [5.74, 6) is 0.522. The van der Waals surface area contributed by atoms with Crippen LogP contribution in [-0.2, 0) is 4.74 Å². The van der Waals surface area contributed by atoms with E-state index in [1.807, 2.05) is 0 Å². The lowest BCUT2D eigenvalue weighted by molar-refractivity contribution is 0.413. The number of epoxide rings is 1. The fourth-order valence-corrected chi connectivity index (χ4v) is 0.775. The lowest BCUT2D eigenvalue weighted by atomic mass is 10.6. The summed E-state index contributed by atoms with van der Waals surface area (Å²) in [7, 11) is 0. The zero-order valence-corrected chi connectivity index (χ0v) is 4.54. The molecule has 0 aliphatic carbocycles. The van der Waals surface area contributed by atoms with Crippen molar-refractivity contribution in [2.75, 3.05) is 5.88 Å². The van der Waals surface area contributed by atoms with Crippen LogP contribution in [0.25, 0.3) is 0 Å². The second-order valence-electron chi connectivity index (χ2n) is 1.18. The first-order valence-electron chi connectivity index (χ1n) is 1.70. The molecule has 1 rings (SSSR count). The number of hydrogen-bond donors (Lipinski definition) is 0. The zero-order valence-electron chi connectivity index (χ0n) is 3.03. The molecule has 6 heavy (non-hydrogen) atoms. The van der Waals surface area contributed by atoms with Gasteiger partial charge in [0.2, 0.25) is 0 Å². The molecule has 1 saturated heterocycles. The monoisotopic (exact) mass is 126 g/mol. The van der Waals surface area contributed by atoms with Gasteiger partial charge in [0.05, 0.1) is 5.88 Å². The molecule has 0 aromatic heterocycles. The highest BCUT2D eigenvalue weighted by atomic mass is 35.5. The lowest BCUT2D eigenvalue weighted by Gasteiger charge is -1.68. The van der Waals surface area contributed by atoms with E-state index < -0.39 is 0 Å². The van der Waals surface area contributed by atoms with Crippen LogP contribution in [-0.4, -0.2) is 17.5 Å². The Morgan fingerprint density at radius 1 is 1.67 bits per heavy atom. The fourth-order valence-electron chi connectivity index (χ4n) is 0.228. The molecular weight excluding hydrogens is 123 g/mol. The smallest absolute Gasteiger partial charge is 0.159 e. The molecule has 0 saturated carbocycles. The van der Waals surface area contributed by atoms with Crippen molar-refractivity contribution in [2.45, 2.75) is 11.7 Å². The summed E-state index contributed by atoms with van der Waals surface area (Å²) in [4.78, 5) is 0. The molecule has 1 nitrogen and oxygen atoms in total. The number of alkyl halides is 2. The molecule has 2 atom stereocenters. The van der Waals surface area contributed by atoms with Gasteiger partial charge in [0.25, 0.3) is 0 Å². The number of halogens is 2. The molecule has 3 heteroatoms. The van der Waals surface area contributed by atoms with Crippen molar-refractivity contribution in [2.24, 2.45) is 0 Å². The Balaban J connectivity index is 2.09. The molecule has 0 bridgehead atoms. The Kier molecular flexibility index (Phi) is 1.22. The minimum absolute atomic E-state index is 0.0949. The first-order chi connectivity index (χ1) is 2.84. The van der Waals surface area contributed by atoms with Gasteiger partial charge in [0.1, 0.15) is 6.10 Å². The highest BCUT2D eigenvalue weighted by Crippen LogP contribution is 2.25. The van der Waals surface area contributed by atoms with E-state index in [0.29, 0.717) is 5.88 Å². The standard InChI is InChI=1S/C3H4Cl2O/c4-1-2-3(5)6-2/h2-3H,1H2/t2-,3-/m0/s1. The molecule has 0 N–H and O–H groups in total. The van der Waals surface area contributed by atoms with Gasteiger partial charge in [0.15, 0.2) is 5.56 Å². The van der Waals surface area contributed by atoms with E-state index in [9.17, 15) is 0 Å². The number of ether oxygens (including phenoxy) is 1. The van der Waals surface area contributed by atoms with Gasteiger partial charge in [-0.1, -0.05) is 11.6 Å². The third-order valence-corrected chi connectivity index (χ3v) is 1.36. The van der Waals surface area contributed by atoms with E-state index in [2.05, 4.69) is 0 Å². The van der Waals surface area contributed by atoms with Crippen molar-refractivity contribution in [1.82, 2.24) is 0 Å². The first kappa shape index (κ1) is 4.69. The minimum atomic E-state index is -0.0949. The summed E-state index contributed by atoms with van der Waals surface area (Å²) in [5, 5.41) is 0. The van der Waals surface area contributed by atoms with Crippen molar-refractivity contribution < 1.29 is 4.74 Å². The van der Waals surface area contributed by atoms with Crippen LogP contribution in [0.15, 0.2) is 0 Å². The van der Waals surface area contributed by atoms with Gasteiger partial charge in [-0.2, -0.15) is 0 Å². The van der Waals surface area contributed by atoms with Crippen LogP contribution in [0.2, 0.25) is 0 Å². The minimum Gasteiger partial charge on any atom is -0.351 e. The second-order valence-corrected chi connectivity index (χ2v) is 1.92. The topological polar surface area (TPSA) is 12.5 Å². The largest absolute Gasteiger partial charge is 0.351 e. The van der Waals surface area contributed by atoms with Crippen LogP contribution in [0, 0.1) is 0 Å². The molecule has 1 aliphatic rings. The Bertz CT molecular complexity index is 54.8. The Morgan fingerprint density at radius 2 is 2.17 bits per heavy atom. The molecule has 0 radical (unpaired) electrons. The van der Waals surface area contributed by atoms with E-state index in [1.165, 1.54) is 0 Å². The first-order valence-corrected chi connectivity index (χ1v) is 2.67. The van der Waals surface area contributed by atoms with E-state index in [1.54, 1.807) is 0 Å². The highest BCUT2D eigenvalue weighted by Gasteiger charge is 2.35. The maximum atomic E-state index is 5.35. The number of hydrogen-bond acceptors (Lipinski definition) is 1. The fraction of sp³-hybridized carbons (Fsp3) is 1.00. The van der Waals surface area contributed by atoms with Crippen LogP contribution < -0.4 is 0 Å². The normalized spacial score (nSPS) is 43.0. The van der Waals surface area contributed by atoms with Crippen LogP contribution in [0.5, 0.6) is 0 Å². The molecule has 36 valence electrons. The molecular formula is C3H4Cl2O. The summed E-state index contributed by atoms with van der Waals surface area (Å²) in [6, 6.07) is 0. The average Bonchev–Trinajstić information content (AvgIpc) is 2.19. The van der Waals surface area contributed by atoms with Gasteiger partial charge in [0, 0.05) is 0 Å². The lowest BCUT2D eigenvalue weighted by Crippen LogP contribution is -1.85. The van der Waals surface area contributed by atoms with Gasteiger partial charge in [-0.15, -0.1) is 11.6 Å². The van der Waals surface area contributed by atoms with Gasteiger partial charge in [-0.05, 0) is 0 Å². The summed E-state index contributed by atoms with van der Waals surface area (Å²) in [6.45, 7) is 0. The molecule has 0 amide bonds. The Labute approximate surface area is 46.2 Å². The van der Waals surface area contributed by atoms with Crippen LogP contribution in [0.4, 0.5) is 0 Å². The summed E-state index contributed by atoms with van der Waals surface area (Å²) >= 11 is 10.6. The molecule has 0 spiro atoms. The predicted octanol–water partition coefficient (Wildman–Crippen LogP) is 1.19. The van der Waals surface area contributed by atoms with Crippen molar-refractivity contribution >= 4 is 23.2 Å². The van der Waals surface area contributed by atoms with E-state index in [0.717, 1.165) is 0 Å². The summed E-state index contributed by atoms with van der Waals surface area (Å²) < 4.78 is 4.70. The van der Waals surface area contributed by atoms with Crippen molar-refractivity contribution in [1.29, 1.82) is 0 Å². The Hall–Kier alpha value is 0.540. The van der Waals surface area contributed by atoms with Crippen molar-refractivity contribution in [3.8, 4) is 0 Å². The molecule has 1 fully saturated rings. The van der Waals surface area contributed by atoms with Crippen molar-refractivity contribution in [3.05, 3.63) is 0 Å². The van der Waals surface area contributed by atoms with Gasteiger partial charge in [-0.25, -0.2) is 0 Å². The Morgan fingerprint density at radius 3 is 2.17 bits per heavy atom. The van der Waals surface area contributed by atoms with Gasteiger partial charge in [-0.3, -0.25) is 0 Å². The third kappa shape index (κ3) is 0.780. The van der Waals surface area contributed by atoms with E-state index in [4.69, 9.17) is 27.9 Å². The third-order valence-electron chi connectivity index (χ3n) is 0.673. The average molecular weight is 127 g/mol. The van der Waals surface area contributed by atoms with E-state index in [-0.39, 0.29) is 11.7 Å². The van der Waals surface area contributed by atoms with E-state index >= 15 is 0 Å². The van der Waals surface area contributed by atoms with Crippen LogP contribution in [0.3, 0.4) is 0 Å². The SMILES string of the molecule is ClC[C@@H]1O[C@@H]1Cl. The molecule has 0 aromatic carbocycles. The van der Waals surface area contributed by atoms with Crippen LogP contribution >= 0.6 is 23.2 Å². The number of rotatable bonds is 1.